The van der Waals surface area contributed by atoms with E-state index in [1.165, 1.54) is 11.3 Å². The highest BCUT2D eigenvalue weighted by molar-refractivity contribution is 7.22. The molecule has 3 aromatic rings. The van der Waals surface area contributed by atoms with Gasteiger partial charge < -0.3 is 11.1 Å². The van der Waals surface area contributed by atoms with E-state index in [9.17, 15) is 4.79 Å². The number of amides is 1. The molecule has 3 N–H and O–H groups in total. The number of nitrogen functional groups attached to an aromatic ring is 1. The third-order valence-corrected chi connectivity index (χ3v) is 4.09. The second kappa shape index (κ2) is 5.71. The van der Waals surface area contributed by atoms with Gasteiger partial charge in [-0.25, -0.2) is 4.98 Å². The van der Waals surface area contributed by atoms with E-state index in [0.29, 0.717) is 22.3 Å². The fraction of sp³-hybridized carbons (Fsp3) is 0.0667. The van der Waals surface area contributed by atoms with Crippen LogP contribution in [0.2, 0.25) is 5.02 Å². The van der Waals surface area contributed by atoms with E-state index in [-0.39, 0.29) is 5.91 Å². The molecule has 2 aromatic carbocycles. The number of thiazole rings is 1. The number of nitrogens with two attached hydrogens (primary N) is 1. The Bertz CT molecular complexity index is 816. The Morgan fingerprint density at radius 2 is 2.14 bits per heavy atom. The van der Waals surface area contributed by atoms with E-state index in [0.717, 1.165) is 15.8 Å². The molecule has 0 fully saturated rings. The molecule has 0 aliphatic carbocycles. The van der Waals surface area contributed by atoms with Crippen LogP contribution < -0.4 is 11.1 Å². The number of hydrogen-bond acceptors (Lipinski definition) is 4. The molecular formula is C15H12ClN3OS. The average Bonchev–Trinajstić information content (AvgIpc) is 2.84. The van der Waals surface area contributed by atoms with Crippen molar-refractivity contribution < 1.29 is 4.79 Å². The number of nitrogens with one attached hydrogen (secondary N) is 1. The number of carbonyl (C=O) groups excluding carboxylic acids is 1. The van der Waals surface area contributed by atoms with Crippen LogP contribution in [0.3, 0.4) is 0 Å². The lowest BCUT2D eigenvalue weighted by Gasteiger charge is -2.05. The van der Waals surface area contributed by atoms with Gasteiger partial charge in [0.1, 0.15) is 0 Å². The van der Waals surface area contributed by atoms with E-state index in [4.69, 9.17) is 17.3 Å². The van der Waals surface area contributed by atoms with Crippen LogP contribution in [0.15, 0.2) is 42.5 Å². The summed E-state index contributed by atoms with van der Waals surface area (Å²) in [5.41, 5.74) is 8.02. The molecule has 0 saturated heterocycles. The van der Waals surface area contributed by atoms with Crippen molar-refractivity contribution in [3.8, 4) is 0 Å². The summed E-state index contributed by atoms with van der Waals surface area (Å²) in [6, 6.07) is 12.8. The third-order valence-electron chi connectivity index (χ3n) is 3.01. The standard InChI is InChI=1S/C15H12ClN3OS/c16-11-3-1-2-9(6-11)8-18-14(20)10-4-5-12-13(7-10)21-15(17)19-12/h1-7H,8H2,(H2,17,19)(H,18,20). The van der Waals surface area contributed by atoms with Gasteiger partial charge in [0.25, 0.3) is 5.91 Å². The molecule has 1 aromatic heterocycles. The summed E-state index contributed by atoms with van der Waals surface area (Å²) < 4.78 is 0.905. The molecule has 0 radical (unpaired) electrons. The van der Waals surface area contributed by atoms with Crippen LogP contribution in [0, 0.1) is 0 Å². The van der Waals surface area contributed by atoms with Gasteiger partial charge in [-0.15, -0.1) is 0 Å². The first-order valence-electron chi connectivity index (χ1n) is 6.30. The summed E-state index contributed by atoms with van der Waals surface area (Å²) in [6.07, 6.45) is 0. The number of benzene rings is 2. The Labute approximate surface area is 130 Å². The molecule has 0 aliphatic rings. The molecule has 0 spiro atoms. The molecule has 0 unspecified atom stereocenters. The van der Waals surface area contributed by atoms with E-state index >= 15 is 0 Å². The normalized spacial score (nSPS) is 10.7. The SMILES string of the molecule is Nc1nc2ccc(C(=O)NCc3cccc(Cl)c3)cc2s1. The molecular weight excluding hydrogens is 306 g/mol. The second-order valence-corrected chi connectivity index (χ2v) is 6.05. The molecule has 3 rings (SSSR count). The highest BCUT2D eigenvalue weighted by atomic mass is 35.5. The zero-order valence-corrected chi connectivity index (χ0v) is 12.5. The first-order chi connectivity index (χ1) is 10.1. The Morgan fingerprint density at radius 3 is 2.95 bits per heavy atom. The van der Waals surface area contributed by atoms with Gasteiger partial charge in [0, 0.05) is 17.1 Å². The minimum atomic E-state index is -0.135. The van der Waals surface area contributed by atoms with Crippen molar-refractivity contribution in [2.24, 2.45) is 0 Å². The number of hydrogen-bond donors (Lipinski definition) is 2. The smallest absolute Gasteiger partial charge is 0.251 e. The zero-order valence-electron chi connectivity index (χ0n) is 11.0. The van der Waals surface area contributed by atoms with E-state index in [2.05, 4.69) is 10.3 Å². The van der Waals surface area contributed by atoms with Crippen LogP contribution in [-0.4, -0.2) is 10.9 Å². The molecule has 1 heterocycles. The number of aromatic nitrogens is 1. The van der Waals surface area contributed by atoms with Crippen molar-refractivity contribution >= 4 is 44.2 Å². The van der Waals surface area contributed by atoms with Gasteiger partial charge in [0.2, 0.25) is 0 Å². The largest absolute Gasteiger partial charge is 0.375 e. The van der Waals surface area contributed by atoms with Crippen LogP contribution in [0.25, 0.3) is 10.2 Å². The number of rotatable bonds is 3. The summed E-state index contributed by atoms with van der Waals surface area (Å²) >= 11 is 7.28. The van der Waals surface area contributed by atoms with Crippen molar-refractivity contribution in [3.63, 3.8) is 0 Å². The van der Waals surface area contributed by atoms with Gasteiger partial charge in [-0.3, -0.25) is 4.79 Å². The van der Waals surface area contributed by atoms with Gasteiger partial charge >= 0.3 is 0 Å². The third kappa shape index (κ3) is 3.15. The van der Waals surface area contributed by atoms with Crippen LogP contribution in [0.1, 0.15) is 15.9 Å². The first-order valence-corrected chi connectivity index (χ1v) is 7.50. The maximum Gasteiger partial charge on any atom is 0.251 e. The lowest BCUT2D eigenvalue weighted by atomic mass is 10.2. The highest BCUT2D eigenvalue weighted by Gasteiger charge is 2.08. The maximum absolute atomic E-state index is 12.2. The molecule has 0 bridgehead atoms. The molecule has 106 valence electrons. The van der Waals surface area contributed by atoms with Crippen molar-refractivity contribution in [1.29, 1.82) is 0 Å². The monoisotopic (exact) mass is 317 g/mol. The van der Waals surface area contributed by atoms with E-state index in [1.807, 2.05) is 18.2 Å². The van der Waals surface area contributed by atoms with Crippen molar-refractivity contribution in [2.45, 2.75) is 6.54 Å². The topological polar surface area (TPSA) is 68.0 Å². The van der Waals surface area contributed by atoms with Gasteiger partial charge in [0.05, 0.1) is 10.2 Å². The predicted octanol–water partition coefficient (Wildman–Crippen LogP) is 3.46. The van der Waals surface area contributed by atoms with Crippen LogP contribution in [0.4, 0.5) is 5.13 Å². The molecule has 21 heavy (non-hydrogen) atoms. The number of carbonyl (C=O) groups is 1. The average molecular weight is 318 g/mol. The van der Waals surface area contributed by atoms with E-state index < -0.39 is 0 Å². The van der Waals surface area contributed by atoms with Crippen LogP contribution in [-0.2, 0) is 6.54 Å². The van der Waals surface area contributed by atoms with Gasteiger partial charge in [-0.05, 0) is 35.9 Å². The minimum absolute atomic E-state index is 0.135. The van der Waals surface area contributed by atoms with Crippen LogP contribution in [0.5, 0.6) is 0 Å². The first kappa shape index (κ1) is 13.9. The van der Waals surface area contributed by atoms with Crippen molar-refractivity contribution in [3.05, 3.63) is 58.6 Å². The van der Waals surface area contributed by atoms with Gasteiger partial charge in [0.15, 0.2) is 5.13 Å². The Hall–Kier alpha value is -2.11. The number of nitrogens with zero attached hydrogens (tertiary/aromatic N) is 1. The summed E-state index contributed by atoms with van der Waals surface area (Å²) in [5, 5.41) is 4.03. The Balaban J connectivity index is 1.74. The lowest BCUT2D eigenvalue weighted by molar-refractivity contribution is 0.0951. The quantitative estimate of drug-likeness (QED) is 0.777. The van der Waals surface area contributed by atoms with Crippen LogP contribution >= 0.6 is 22.9 Å². The molecule has 0 saturated carbocycles. The van der Waals surface area contributed by atoms with E-state index in [1.54, 1.807) is 24.3 Å². The molecule has 1 amide bonds. The summed E-state index contributed by atoms with van der Waals surface area (Å²) in [6.45, 7) is 0.433. The molecule has 0 aliphatic heterocycles. The minimum Gasteiger partial charge on any atom is -0.375 e. The zero-order chi connectivity index (χ0) is 14.8. The number of halogens is 1. The Kier molecular flexibility index (Phi) is 3.77. The number of fused-ring (bicyclic) bond motifs is 1. The second-order valence-electron chi connectivity index (χ2n) is 4.55. The summed E-state index contributed by atoms with van der Waals surface area (Å²) in [7, 11) is 0. The van der Waals surface area contributed by atoms with Crippen molar-refractivity contribution in [1.82, 2.24) is 10.3 Å². The fourth-order valence-electron chi connectivity index (χ4n) is 2.02. The highest BCUT2D eigenvalue weighted by Crippen LogP contribution is 2.24. The lowest BCUT2D eigenvalue weighted by Crippen LogP contribution is -2.22. The maximum atomic E-state index is 12.2. The fourth-order valence-corrected chi connectivity index (χ4v) is 3.00. The van der Waals surface area contributed by atoms with Gasteiger partial charge in [-0.2, -0.15) is 0 Å². The van der Waals surface area contributed by atoms with Crippen molar-refractivity contribution in [2.75, 3.05) is 5.73 Å². The molecule has 6 heteroatoms. The number of anilines is 1. The predicted molar refractivity (Wildman–Crippen MR) is 86.7 cm³/mol. The molecule has 0 atom stereocenters. The summed E-state index contributed by atoms with van der Waals surface area (Å²) in [5.74, 6) is -0.135. The van der Waals surface area contributed by atoms with Gasteiger partial charge in [-0.1, -0.05) is 35.1 Å². The summed E-state index contributed by atoms with van der Waals surface area (Å²) in [4.78, 5) is 16.3. The Morgan fingerprint density at radius 1 is 1.29 bits per heavy atom. The molecule has 4 nitrogen and oxygen atoms in total.